The van der Waals surface area contributed by atoms with Gasteiger partial charge in [0.25, 0.3) is 0 Å². The van der Waals surface area contributed by atoms with Gasteiger partial charge in [0.15, 0.2) is 9.84 Å². The van der Waals surface area contributed by atoms with Gasteiger partial charge in [0.2, 0.25) is 0 Å². The van der Waals surface area contributed by atoms with Gasteiger partial charge in [-0.1, -0.05) is 6.92 Å². The van der Waals surface area contributed by atoms with Crippen molar-refractivity contribution in [3.05, 3.63) is 0 Å². The molecule has 0 N–H and O–H groups in total. The Kier molecular flexibility index (Phi) is 4.94. The van der Waals surface area contributed by atoms with Crippen LogP contribution in [0, 0.1) is 11.3 Å². The lowest BCUT2D eigenvalue weighted by atomic mass is 10.2. The maximum absolute atomic E-state index is 11.6. The minimum absolute atomic E-state index is 0.168. The Hall–Kier alpha value is -1.09. The molecule has 0 radical (unpaired) electrons. The molecule has 0 aromatic heterocycles. The predicted molar refractivity (Wildman–Crippen MR) is 59.3 cm³/mol. The maximum atomic E-state index is 11.6. The number of esters is 1. The van der Waals surface area contributed by atoms with Gasteiger partial charge in [-0.05, 0) is 27.2 Å². The highest BCUT2D eigenvalue weighted by Crippen LogP contribution is 2.11. The second-order valence-electron chi connectivity index (χ2n) is 4.42. The monoisotopic (exact) mass is 247 g/mol. The number of hydrogen-bond donors (Lipinski definition) is 0. The summed E-state index contributed by atoms with van der Waals surface area (Å²) in [6.45, 7) is 6.54. The van der Waals surface area contributed by atoms with Gasteiger partial charge in [-0.15, -0.1) is 0 Å². The first-order valence-electron chi connectivity index (χ1n) is 4.95. The predicted octanol–water partition coefficient (Wildman–Crippen LogP) is 1.05. The summed E-state index contributed by atoms with van der Waals surface area (Å²) in [5.74, 6) is -1.56. The zero-order chi connectivity index (χ0) is 13.0. The molecule has 0 bridgehead atoms. The van der Waals surface area contributed by atoms with Gasteiger partial charge in [0, 0.05) is 0 Å². The fraction of sp³-hybridized carbons (Fsp3) is 0.800. The van der Waals surface area contributed by atoms with E-state index < -0.39 is 32.4 Å². The van der Waals surface area contributed by atoms with Crippen LogP contribution in [0.15, 0.2) is 0 Å². The Bertz CT molecular complexity index is 386. The van der Waals surface area contributed by atoms with Crippen molar-refractivity contribution in [2.75, 3.05) is 5.75 Å². The third kappa shape index (κ3) is 5.12. The molecule has 1 unspecified atom stereocenters. The number of nitriles is 1. The number of ether oxygens (including phenoxy) is 1. The first-order chi connectivity index (χ1) is 7.12. The van der Waals surface area contributed by atoms with Crippen molar-refractivity contribution in [1.82, 2.24) is 0 Å². The molecule has 6 heteroatoms. The smallest absolute Gasteiger partial charge is 0.321 e. The second kappa shape index (κ2) is 5.30. The van der Waals surface area contributed by atoms with E-state index in [2.05, 4.69) is 0 Å². The van der Waals surface area contributed by atoms with Crippen molar-refractivity contribution >= 4 is 15.8 Å². The molecule has 0 aliphatic heterocycles. The van der Waals surface area contributed by atoms with E-state index in [1.807, 2.05) is 0 Å². The van der Waals surface area contributed by atoms with Crippen LogP contribution in [0.5, 0.6) is 0 Å². The Balaban J connectivity index is 4.63. The number of nitrogens with zero attached hydrogens (tertiary/aromatic N) is 1. The molecular formula is C10H17NO4S. The third-order valence-corrected chi connectivity index (χ3v) is 3.63. The summed E-state index contributed by atoms with van der Waals surface area (Å²) in [6, 6.07) is 1.66. The molecule has 5 nitrogen and oxygen atoms in total. The third-order valence-electron chi connectivity index (χ3n) is 1.69. The summed E-state index contributed by atoms with van der Waals surface area (Å²) in [6.07, 6.45) is 0.168. The molecule has 92 valence electrons. The molecule has 0 amide bonds. The first kappa shape index (κ1) is 14.9. The summed E-state index contributed by atoms with van der Waals surface area (Å²) in [7, 11) is -3.73. The van der Waals surface area contributed by atoms with E-state index in [1.54, 1.807) is 33.8 Å². The van der Waals surface area contributed by atoms with Gasteiger partial charge < -0.3 is 4.74 Å². The number of carbonyl (C=O) groups excluding carboxylic acids is 1. The van der Waals surface area contributed by atoms with Crippen molar-refractivity contribution < 1.29 is 17.9 Å². The van der Waals surface area contributed by atoms with Crippen LogP contribution in [0.2, 0.25) is 0 Å². The molecule has 0 aromatic rings. The van der Waals surface area contributed by atoms with Crippen LogP contribution >= 0.6 is 0 Å². The van der Waals surface area contributed by atoms with E-state index in [-0.39, 0.29) is 6.42 Å². The van der Waals surface area contributed by atoms with Crippen LogP contribution in [0.3, 0.4) is 0 Å². The van der Waals surface area contributed by atoms with E-state index in [9.17, 15) is 13.2 Å². The molecule has 1 atom stereocenters. The standard InChI is InChI=1S/C10H17NO4S/c1-5-8(6-11)16(13,14)7-9(12)15-10(2,3)4/h8H,5,7H2,1-4H3. The van der Waals surface area contributed by atoms with Crippen LogP contribution in [0.4, 0.5) is 0 Å². The van der Waals surface area contributed by atoms with Gasteiger partial charge in [-0.25, -0.2) is 8.42 Å². The topological polar surface area (TPSA) is 84.2 Å². The highest BCUT2D eigenvalue weighted by atomic mass is 32.2. The fourth-order valence-electron chi connectivity index (χ4n) is 1.06. The lowest BCUT2D eigenvalue weighted by molar-refractivity contribution is -0.151. The number of hydrogen-bond acceptors (Lipinski definition) is 5. The van der Waals surface area contributed by atoms with Crippen LogP contribution < -0.4 is 0 Å². The van der Waals surface area contributed by atoms with Gasteiger partial charge in [0.05, 0.1) is 6.07 Å². The number of rotatable bonds is 4. The highest BCUT2D eigenvalue weighted by molar-refractivity contribution is 7.92. The van der Waals surface area contributed by atoms with Gasteiger partial charge in [-0.2, -0.15) is 5.26 Å². The Morgan fingerprint density at radius 3 is 2.25 bits per heavy atom. The van der Waals surface area contributed by atoms with Crippen LogP contribution in [-0.4, -0.2) is 31.0 Å². The molecule has 0 saturated heterocycles. The van der Waals surface area contributed by atoms with E-state index >= 15 is 0 Å². The van der Waals surface area contributed by atoms with Crippen LogP contribution in [-0.2, 0) is 19.4 Å². The molecule has 0 rings (SSSR count). The molecule has 0 fully saturated rings. The molecule has 0 aliphatic rings. The summed E-state index contributed by atoms with van der Waals surface area (Å²) >= 11 is 0. The summed E-state index contributed by atoms with van der Waals surface area (Å²) in [4.78, 5) is 11.3. The second-order valence-corrected chi connectivity index (χ2v) is 6.60. The van der Waals surface area contributed by atoms with Crippen LogP contribution in [0.25, 0.3) is 0 Å². The molecule has 0 aromatic carbocycles. The molecule has 0 saturated carbocycles. The Labute approximate surface area is 96.3 Å². The number of carbonyl (C=O) groups is 1. The average molecular weight is 247 g/mol. The summed E-state index contributed by atoms with van der Waals surface area (Å²) in [5.41, 5.74) is -0.721. The zero-order valence-electron chi connectivity index (χ0n) is 9.98. The fourth-order valence-corrected chi connectivity index (χ4v) is 2.32. The van der Waals surface area contributed by atoms with Gasteiger partial charge in [-0.3, -0.25) is 4.79 Å². The Morgan fingerprint density at radius 2 is 1.94 bits per heavy atom. The highest BCUT2D eigenvalue weighted by Gasteiger charge is 2.29. The summed E-state index contributed by atoms with van der Waals surface area (Å²) < 4.78 is 28.0. The SMILES string of the molecule is CCC(C#N)S(=O)(=O)CC(=O)OC(C)(C)C. The van der Waals surface area contributed by atoms with Crippen molar-refractivity contribution in [1.29, 1.82) is 5.26 Å². The zero-order valence-corrected chi connectivity index (χ0v) is 10.8. The Morgan fingerprint density at radius 1 is 1.44 bits per heavy atom. The van der Waals surface area contributed by atoms with Gasteiger partial charge in [0.1, 0.15) is 16.6 Å². The van der Waals surface area contributed by atoms with Crippen LogP contribution in [0.1, 0.15) is 34.1 Å². The van der Waals surface area contributed by atoms with Crippen molar-refractivity contribution in [2.45, 2.75) is 45.0 Å². The molecule has 0 heterocycles. The molecule has 16 heavy (non-hydrogen) atoms. The van der Waals surface area contributed by atoms with E-state index in [0.717, 1.165) is 0 Å². The van der Waals surface area contributed by atoms with Crippen molar-refractivity contribution in [2.24, 2.45) is 0 Å². The lowest BCUT2D eigenvalue weighted by Gasteiger charge is -2.19. The quantitative estimate of drug-likeness (QED) is 0.693. The average Bonchev–Trinajstić information content (AvgIpc) is 1.99. The van der Waals surface area contributed by atoms with E-state index in [4.69, 9.17) is 10.00 Å². The molecular weight excluding hydrogens is 230 g/mol. The van der Waals surface area contributed by atoms with E-state index in [1.165, 1.54) is 0 Å². The van der Waals surface area contributed by atoms with Gasteiger partial charge >= 0.3 is 5.97 Å². The summed E-state index contributed by atoms with van der Waals surface area (Å²) in [5, 5.41) is 7.49. The molecule has 0 aliphatic carbocycles. The van der Waals surface area contributed by atoms with Crippen molar-refractivity contribution in [3.63, 3.8) is 0 Å². The lowest BCUT2D eigenvalue weighted by Crippen LogP contribution is -2.32. The minimum Gasteiger partial charge on any atom is -0.459 e. The molecule has 0 spiro atoms. The number of sulfone groups is 1. The van der Waals surface area contributed by atoms with Crippen molar-refractivity contribution in [3.8, 4) is 6.07 Å². The van der Waals surface area contributed by atoms with E-state index in [0.29, 0.717) is 0 Å². The first-order valence-corrected chi connectivity index (χ1v) is 6.67. The maximum Gasteiger partial charge on any atom is 0.321 e. The largest absolute Gasteiger partial charge is 0.459 e. The minimum atomic E-state index is -3.73. The normalized spacial score (nSPS) is 13.9.